The summed E-state index contributed by atoms with van der Waals surface area (Å²) in [5.41, 5.74) is 2.40. The van der Waals surface area contributed by atoms with E-state index in [-0.39, 0.29) is 17.0 Å². The number of aryl methyl sites for hydroxylation is 2. The van der Waals surface area contributed by atoms with E-state index in [0.717, 1.165) is 10.9 Å². The molecule has 4 aromatic rings. The van der Waals surface area contributed by atoms with Gasteiger partial charge in [0.1, 0.15) is 5.69 Å². The van der Waals surface area contributed by atoms with Gasteiger partial charge >= 0.3 is 0 Å². The predicted molar refractivity (Wildman–Crippen MR) is 115 cm³/mol. The van der Waals surface area contributed by atoms with Crippen molar-refractivity contribution in [1.29, 1.82) is 5.26 Å². The van der Waals surface area contributed by atoms with Crippen LogP contribution in [0.2, 0.25) is 0 Å². The lowest BCUT2D eigenvalue weighted by Gasteiger charge is -2.03. The van der Waals surface area contributed by atoms with Crippen molar-refractivity contribution in [2.75, 3.05) is 0 Å². The summed E-state index contributed by atoms with van der Waals surface area (Å²) in [5.74, 6) is 0.0262. The number of hydrogen-bond donors (Lipinski definition) is 2. The molecule has 1 heterocycles. The molecule has 0 fully saturated rings. The number of nitrogens with one attached hydrogen (secondary N) is 1. The van der Waals surface area contributed by atoms with Crippen LogP contribution in [0, 0.1) is 18.3 Å². The van der Waals surface area contributed by atoms with Gasteiger partial charge in [0.05, 0.1) is 17.5 Å². The molecule has 0 unspecified atom stereocenters. The van der Waals surface area contributed by atoms with Crippen LogP contribution in [0.25, 0.3) is 16.5 Å². The molecule has 2 N–H and O–H groups in total. The van der Waals surface area contributed by atoms with E-state index in [1.165, 1.54) is 4.68 Å². The summed E-state index contributed by atoms with van der Waals surface area (Å²) >= 11 is 0. The van der Waals surface area contributed by atoms with E-state index in [0.29, 0.717) is 35.3 Å². The minimum Gasteiger partial charge on any atom is -0.505 e. The van der Waals surface area contributed by atoms with Crippen LogP contribution in [0.15, 0.2) is 75.7 Å². The molecule has 4 rings (SSSR count). The molecule has 0 bridgehead atoms. The Hall–Kier alpha value is -4.18. The number of hydrogen-bond acceptors (Lipinski definition) is 5. The monoisotopic (exact) mass is 397 g/mol. The Morgan fingerprint density at radius 2 is 1.83 bits per heavy atom. The standard InChI is InChI=1S/C23H19N5O2/c1-15-21(26-25-20-13-10-17-6-2-3-7-19(17)22(20)29)23(30)28(27-15)18-11-8-16(9-12-18)5-4-14-24/h2-3,6-13,27,29H,4-5H2,1H3. The Morgan fingerprint density at radius 3 is 2.60 bits per heavy atom. The second-order valence-electron chi connectivity index (χ2n) is 6.90. The van der Waals surface area contributed by atoms with Crippen LogP contribution < -0.4 is 5.56 Å². The normalized spacial score (nSPS) is 11.2. The number of phenols is 1. The molecule has 3 aromatic carbocycles. The SMILES string of the molecule is Cc1[nH]n(-c2ccc(CCC#N)cc2)c(=O)c1N=Nc1ccc2ccccc2c1O. The second-order valence-corrected chi connectivity index (χ2v) is 6.90. The Bertz CT molecular complexity index is 1340. The number of benzene rings is 3. The van der Waals surface area contributed by atoms with E-state index >= 15 is 0 Å². The van der Waals surface area contributed by atoms with Crippen LogP contribution in [-0.2, 0) is 6.42 Å². The maximum Gasteiger partial charge on any atom is 0.299 e. The molecule has 7 heteroatoms. The molecule has 1 aromatic heterocycles. The molecular formula is C23H19N5O2. The van der Waals surface area contributed by atoms with Crippen molar-refractivity contribution >= 4 is 22.1 Å². The first-order valence-electron chi connectivity index (χ1n) is 9.49. The van der Waals surface area contributed by atoms with Crippen molar-refractivity contribution in [3.05, 3.63) is 82.3 Å². The van der Waals surface area contributed by atoms with Crippen molar-refractivity contribution in [3.63, 3.8) is 0 Å². The summed E-state index contributed by atoms with van der Waals surface area (Å²) in [6.45, 7) is 1.74. The third-order valence-corrected chi connectivity index (χ3v) is 4.90. The van der Waals surface area contributed by atoms with Crippen molar-refractivity contribution in [2.24, 2.45) is 10.2 Å². The van der Waals surface area contributed by atoms with Gasteiger partial charge in [-0.05, 0) is 42.5 Å². The number of aromatic nitrogens is 2. The topological polar surface area (TPSA) is 107 Å². The molecule has 148 valence electrons. The van der Waals surface area contributed by atoms with Gasteiger partial charge in [-0.1, -0.05) is 42.5 Å². The number of nitriles is 1. The van der Waals surface area contributed by atoms with Gasteiger partial charge < -0.3 is 5.11 Å². The Morgan fingerprint density at radius 1 is 1.07 bits per heavy atom. The number of nitrogens with zero attached hydrogens (tertiary/aromatic N) is 4. The molecule has 0 amide bonds. The van der Waals surface area contributed by atoms with Gasteiger partial charge in [-0.15, -0.1) is 10.2 Å². The molecular weight excluding hydrogens is 378 g/mol. The first kappa shape index (κ1) is 19.2. The van der Waals surface area contributed by atoms with Crippen LogP contribution >= 0.6 is 0 Å². The summed E-state index contributed by atoms with van der Waals surface area (Å²) in [5, 5.41) is 32.0. The van der Waals surface area contributed by atoms with Crippen molar-refractivity contribution in [2.45, 2.75) is 19.8 Å². The Balaban J connectivity index is 1.65. The number of azo groups is 1. The molecule has 0 aliphatic heterocycles. The average molecular weight is 397 g/mol. The van der Waals surface area contributed by atoms with Crippen molar-refractivity contribution in [1.82, 2.24) is 9.78 Å². The summed E-state index contributed by atoms with van der Waals surface area (Å²) in [6, 6.07) is 20.5. The molecule has 0 radical (unpaired) electrons. The number of phenolic OH excluding ortho intramolecular Hbond substituents is 1. The van der Waals surface area contributed by atoms with Crippen LogP contribution in [0.5, 0.6) is 5.75 Å². The summed E-state index contributed by atoms with van der Waals surface area (Å²) in [6.07, 6.45) is 1.12. The van der Waals surface area contributed by atoms with Gasteiger partial charge in [0.25, 0.3) is 5.56 Å². The summed E-state index contributed by atoms with van der Waals surface area (Å²) in [7, 11) is 0. The largest absolute Gasteiger partial charge is 0.505 e. The number of rotatable bonds is 5. The fourth-order valence-electron chi connectivity index (χ4n) is 3.28. The van der Waals surface area contributed by atoms with Gasteiger partial charge in [-0.3, -0.25) is 9.89 Å². The van der Waals surface area contributed by atoms with Crippen LogP contribution in [-0.4, -0.2) is 14.9 Å². The molecule has 0 aliphatic rings. The highest BCUT2D eigenvalue weighted by Gasteiger charge is 2.13. The Kier molecular flexibility index (Phi) is 5.14. The minimum absolute atomic E-state index is 0.0262. The average Bonchev–Trinajstić information content (AvgIpc) is 3.06. The van der Waals surface area contributed by atoms with E-state index in [2.05, 4.69) is 21.4 Å². The van der Waals surface area contributed by atoms with Gasteiger partial charge in [0, 0.05) is 11.8 Å². The summed E-state index contributed by atoms with van der Waals surface area (Å²) in [4.78, 5) is 12.8. The lowest BCUT2D eigenvalue weighted by Crippen LogP contribution is -2.14. The quantitative estimate of drug-likeness (QED) is 0.452. The zero-order valence-electron chi connectivity index (χ0n) is 16.3. The number of aromatic amines is 1. The molecule has 0 saturated heterocycles. The molecule has 7 nitrogen and oxygen atoms in total. The van der Waals surface area contributed by atoms with E-state index in [9.17, 15) is 9.90 Å². The van der Waals surface area contributed by atoms with Crippen LogP contribution in [0.4, 0.5) is 11.4 Å². The fourth-order valence-corrected chi connectivity index (χ4v) is 3.28. The lowest BCUT2D eigenvalue weighted by atomic mass is 10.1. The van der Waals surface area contributed by atoms with Gasteiger partial charge in [0.15, 0.2) is 11.4 Å². The van der Waals surface area contributed by atoms with E-state index in [1.54, 1.807) is 19.1 Å². The van der Waals surface area contributed by atoms with Gasteiger partial charge in [-0.25, -0.2) is 4.68 Å². The smallest absolute Gasteiger partial charge is 0.299 e. The predicted octanol–water partition coefficient (Wildman–Crippen LogP) is 5.20. The molecule has 0 atom stereocenters. The molecule has 0 saturated carbocycles. The van der Waals surface area contributed by atoms with Crippen LogP contribution in [0.3, 0.4) is 0 Å². The first-order chi connectivity index (χ1) is 14.6. The highest BCUT2D eigenvalue weighted by molar-refractivity contribution is 5.92. The third-order valence-electron chi connectivity index (χ3n) is 4.90. The Labute approximate surface area is 172 Å². The maximum absolute atomic E-state index is 12.8. The van der Waals surface area contributed by atoms with E-state index < -0.39 is 0 Å². The van der Waals surface area contributed by atoms with E-state index in [1.807, 2.05) is 48.5 Å². The second kappa shape index (κ2) is 8.05. The highest BCUT2D eigenvalue weighted by atomic mass is 16.3. The number of fused-ring (bicyclic) bond motifs is 1. The minimum atomic E-state index is -0.332. The number of aromatic hydroxyl groups is 1. The molecule has 30 heavy (non-hydrogen) atoms. The van der Waals surface area contributed by atoms with Crippen LogP contribution in [0.1, 0.15) is 17.7 Å². The molecule has 0 spiro atoms. The van der Waals surface area contributed by atoms with Gasteiger partial charge in [-0.2, -0.15) is 5.26 Å². The van der Waals surface area contributed by atoms with Crippen molar-refractivity contribution < 1.29 is 5.11 Å². The molecule has 0 aliphatic carbocycles. The third kappa shape index (κ3) is 3.59. The summed E-state index contributed by atoms with van der Waals surface area (Å²) < 4.78 is 1.40. The fraction of sp³-hybridized carbons (Fsp3) is 0.130. The van der Waals surface area contributed by atoms with E-state index in [4.69, 9.17) is 5.26 Å². The zero-order chi connectivity index (χ0) is 21.1. The first-order valence-corrected chi connectivity index (χ1v) is 9.49. The lowest BCUT2D eigenvalue weighted by molar-refractivity contribution is 0.482. The van der Waals surface area contributed by atoms with Gasteiger partial charge in [0.2, 0.25) is 0 Å². The highest BCUT2D eigenvalue weighted by Crippen LogP contribution is 2.35. The maximum atomic E-state index is 12.8. The van der Waals surface area contributed by atoms with Crippen molar-refractivity contribution in [3.8, 4) is 17.5 Å². The number of H-pyrrole nitrogens is 1. The zero-order valence-corrected chi connectivity index (χ0v) is 16.3.